The van der Waals surface area contributed by atoms with Crippen molar-refractivity contribution >= 4 is 39.1 Å². The maximum Gasteiger partial charge on any atom is 0.238 e. The first-order valence-corrected chi connectivity index (χ1v) is 10.3. The van der Waals surface area contributed by atoms with Crippen LogP contribution < -0.4 is 10.6 Å². The van der Waals surface area contributed by atoms with Crippen molar-refractivity contribution in [3.05, 3.63) is 58.8 Å². The number of para-hydroxylation sites is 1. The molecule has 1 aliphatic heterocycles. The highest BCUT2D eigenvalue weighted by atomic mass is 79.9. The number of carbonyl (C=O) groups is 2. The highest BCUT2D eigenvalue weighted by molar-refractivity contribution is 9.10. The Balaban J connectivity index is 1.34. The second-order valence-corrected chi connectivity index (χ2v) is 7.87. The summed E-state index contributed by atoms with van der Waals surface area (Å²) in [6.45, 7) is 4.07. The Kier molecular flexibility index (Phi) is 7.74. The highest BCUT2D eigenvalue weighted by Crippen LogP contribution is 2.15. The van der Waals surface area contributed by atoms with Crippen LogP contribution in [-0.4, -0.2) is 60.9 Å². The van der Waals surface area contributed by atoms with Crippen molar-refractivity contribution in [2.45, 2.75) is 6.42 Å². The fraction of sp³-hybridized carbons (Fsp3) is 0.333. The number of anilines is 2. The number of rotatable bonds is 7. The third-order valence-electron chi connectivity index (χ3n) is 4.76. The van der Waals surface area contributed by atoms with Gasteiger partial charge in [-0.25, -0.2) is 4.39 Å². The molecule has 2 aromatic carbocycles. The minimum Gasteiger partial charge on any atom is -0.325 e. The van der Waals surface area contributed by atoms with Gasteiger partial charge in [0.1, 0.15) is 5.82 Å². The summed E-state index contributed by atoms with van der Waals surface area (Å²) in [5.74, 6) is -0.674. The van der Waals surface area contributed by atoms with Gasteiger partial charge in [0.05, 0.1) is 12.2 Å². The summed E-state index contributed by atoms with van der Waals surface area (Å²) < 4.78 is 14.5. The predicted molar refractivity (Wildman–Crippen MR) is 115 cm³/mol. The number of amides is 2. The minimum absolute atomic E-state index is 0.0370. The summed E-state index contributed by atoms with van der Waals surface area (Å²) in [4.78, 5) is 28.5. The Bertz CT molecular complexity index is 839. The maximum atomic E-state index is 13.6. The van der Waals surface area contributed by atoms with Crippen LogP contribution in [-0.2, 0) is 9.59 Å². The molecular weight excluding hydrogens is 439 g/mol. The zero-order valence-corrected chi connectivity index (χ0v) is 17.6. The van der Waals surface area contributed by atoms with Crippen LogP contribution in [0.3, 0.4) is 0 Å². The summed E-state index contributed by atoms with van der Waals surface area (Å²) in [6.07, 6.45) is 0.304. The first-order chi connectivity index (χ1) is 14.0. The molecular formula is C21H24BrFN4O2. The van der Waals surface area contributed by atoms with Gasteiger partial charge in [0.2, 0.25) is 11.8 Å². The second-order valence-electron chi connectivity index (χ2n) is 6.95. The lowest BCUT2D eigenvalue weighted by molar-refractivity contribution is -0.117. The number of carbonyl (C=O) groups excluding carboxylic acids is 2. The molecule has 0 aliphatic carbocycles. The van der Waals surface area contributed by atoms with Crippen LogP contribution in [0.2, 0.25) is 0 Å². The molecule has 2 aromatic rings. The average molecular weight is 463 g/mol. The third-order valence-corrected chi connectivity index (χ3v) is 5.29. The molecule has 0 spiro atoms. The molecule has 0 radical (unpaired) electrons. The van der Waals surface area contributed by atoms with Crippen molar-refractivity contribution in [2.24, 2.45) is 0 Å². The fourth-order valence-corrected chi connectivity index (χ4v) is 3.41. The number of hydrogen-bond donors (Lipinski definition) is 2. The Hall–Kier alpha value is -2.29. The maximum absolute atomic E-state index is 13.6. The number of halogens is 2. The van der Waals surface area contributed by atoms with Gasteiger partial charge in [-0.15, -0.1) is 0 Å². The van der Waals surface area contributed by atoms with Gasteiger partial charge in [0.15, 0.2) is 0 Å². The Morgan fingerprint density at radius 3 is 2.24 bits per heavy atom. The quantitative estimate of drug-likeness (QED) is 0.663. The summed E-state index contributed by atoms with van der Waals surface area (Å²) in [5.41, 5.74) is 0.983. The zero-order chi connectivity index (χ0) is 20.6. The third kappa shape index (κ3) is 6.92. The number of nitrogens with one attached hydrogen (secondary N) is 2. The monoisotopic (exact) mass is 462 g/mol. The van der Waals surface area contributed by atoms with Crippen LogP contribution in [0.15, 0.2) is 53.0 Å². The fourth-order valence-electron chi connectivity index (χ4n) is 3.14. The lowest BCUT2D eigenvalue weighted by atomic mass is 10.2. The van der Waals surface area contributed by atoms with Crippen molar-refractivity contribution in [3.8, 4) is 0 Å². The van der Waals surface area contributed by atoms with Gasteiger partial charge in [-0.2, -0.15) is 0 Å². The van der Waals surface area contributed by atoms with Crippen molar-refractivity contribution in [1.82, 2.24) is 9.80 Å². The SMILES string of the molecule is O=C(CN1CCN(CCC(=O)Nc2ccccc2F)CC1)Nc1ccc(Br)cc1. The molecule has 154 valence electrons. The summed E-state index contributed by atoms with van der Waals surface area (Å²) >= 11 is 3.37. The Morgan fingerprint density at radius 2 is 1.55 bits per heavy atom. The summed E-state index contributed by atoms with van der Waals surface area (Å²) in [5, 5.41) is 5.50. The number of hydrogen-bond acceptors (Lipinski definition) is 4. The van der Waals surface area contributed by atoms with Crippen LogP contribution in [0.1, 0.15) is 6.42 Å². The molecule has 1 aliphatic rings. The van der Waals surface area contributed by atoms with Gasteiger partial charge in [0, 0.05) is 49.3 Å². The molecule has 0 bridgehead atoms. The summed E-state index contributed by atoms with van der Waals surface area (Å²) in [7, 11) is 0. The first-order valence-electron chi connectivity index (χ1n) is 9.54. The van der Waals surface area contributed by atoms with Gasteiger partial charge < -0.3 is 15.5 Å². The van der Waals surface area contributed by atoms with Crippen molar-refractivity contribution in [1.29, 1.82) is 0 Å². The molecule has 3 rings (SSSR count). The van der Waals surface area contributed by atoms with E-state index in [-0.39, 0.29) is 17.5 Å². The molecule has 2 N–H and O–H groups in total. The van der Waals surface area contributed by atoms with Crippen molar-refractivity contribution in [3.63, 3.8) is 0 Å². The highest BCUT2D eigenvalue weighted by Gasteiger charge is 2.19. The van der Waals surface area contributed by atoms with E-state index in [2.05, 4.69) is 36.4 Å². The molecule has 1 saturated heterocycles. The molecule has 0 unspecified atom stereocenters. The lowest BCUT2D eigenvalue weighted by Crippen LogP contribution is -2.49. The number of nitrogens with zero attached hydrogens (tertiary/aromatic N) is 2. The van der Waals surface area contributed by atoms with Crippen molar-refractivity contribution < 1.29 is 14.0 Å². The Morgan fingerprint density at radius 1 is 0.897 bits per heavy atom. The zero-order valence-electron chi connectivity index (χ0n) is 16.0. The normalized spacial score (nSPS) is 15.1. The standard InChI is InChI=1S/C21H24BrFN4O2/c22-16-5-7-17(8-6-16)24-21(29)15-27-13-11-26(12-14-27)10-9-20(28)25-19-4-2-1-3-18(19)23/h1-8H,9-15H2,(H,24,29)(H,25,28). The Labute approximate surface area is 178 Å². The van der Waals surface area contributed by atoms with E-state index in [1.807, 2.05) is 24.3 Å². The van der Waals surface area contributed by atoms with E-state index < -0.39 is 5.82 Å². The van der Waals surface area contributed by atoms with E-state index in [1.165, 1.54) is 6.07 Å². The average Bonchev–Trinajstić information content (AvgIpc) is 2.71. The van der Waals surface area contributed by atoms with E-state index in [0.29, 0.717) is 19.5 Å². The van der Waals surface area contributed by atoms with E-state index in [4.69, 9.17) is 0 Å². The van der Waals surface area contributed by atoms with Gasteiger partial charge in [0.25, 0.3) is 0 Å². The summed E-state index contributed by atoms with van der Waals surface area (Å²) in [6, 6.07) is 13.6. The molecule has 6 nitrogen and oxygen atoms in total. The smallest absolute Gasteiger partial charge is 0.238 e. The van der Waals surface area contributed by atoms with Gasteiger partial charge in [-0.1, -0.05) is 28.1 Å². The van der Waals surface area contributed by atoms with E-state index >= 15 is 0 Å². The molecule has 8 heteroatoms. The topological polar surface area (TPSA) is 64.7 Å². The molecule has 0 aromatic heterocycles. The molecule has 1 fully saturated rings. The molecule has 29 heavy (non-hydrogen) atoms. The molecule has 2 amide bonds. The van der Waals surface area contributed by atoms with Crippen LogP contribution >= 0.6 is 15.9 Å². The lowest BCUT2D eigenvalue weighted by Gasteiger charge is -2.34. The van der Waals surface area contributed by atoms with E-state index in [0.717, 1.165) is 36.3 Å². The van der Waals surface area contributed by atoms with Gasteiger partial charge in [-0.3, -0.25) is 14.5 Å². The van der Waals surface area contributed by atoms with Crippen LogP contribution in [0.25, 0.3) is 0 Å². The van der Waals surface area contributed by atoms with E-state index in [9.17, 15) is 14.0 Å². The van der Waals surface area contributed by atoms with E-state index in [1.54, 1.807) is 18.2 Å². The number of piperazine rings is 1. The van der Waals surface area contributed by atoms with Crippen LogP contribution in [0.4, 0.5) is 15.8 Å². The largest absolute Gasteiger partial charge is 0.325 e. The predicted octanol–water partition coefficient (Wildman–Crippen LogP) is 3.17. The van der Waals surface area contributed by atoms with Crippen molar-refractivity contribution in [2.75, 3.05) is 49.9 Å². The molecule has 1 heterocycles. The number of benzene rings is 2. The molecule has 0 saturated carbocycles. The van der Waals surface area contributed by atoms with Gasteiger partial charge >= 0.3 is 0 Å². The minimum atomic E-state index is -0.434. The van der Waals surface area contributed by atoms with Crippen LogP contribution in [0, 0.1) is 5.82 Å². The van der Waals surface area contributed by atoms with Gasteiger partial charge in [-0.05, 0) is 36.4 Å². The second kappa shape index (κ2) is 10.5. The first kappa shape index (κ1) is 21.4. The molecule has 0 atom stereocenters. The van der Waals surface area contributed by atoms with Crippen LogP contribution in [0.5, 0.6) is 0 Å².